The van der Waals surface area contributed by atoms with E-state index in [-0.39, 0.29) is 0 Å². The number of nitrogens with zero attached hydrogens (tertiary/aromatic N) is 1. The SMILES string of the molecule is CCCSCCC1=NC(=S)SC1. The van der Waals surface area contributed by atoms with E-state index in [1.807, 2.05) is 11.8 Å². The van der Waals surface area contributed by atoms with Crippen molar-refractivity contribution in [2.45, 2.75) is 19.8 Å². The first kappa shape index (κ1) is 10.5. The Morgan fingerprint density at radius 1 is 1.58 bits per heavy atom. The maximum Gasteiger partial charge on any atom is 0.160 e. The van der Waals surface area contributed by atoms with Gasteiger partial charge in [0.05, 0.1) is 0 Å². The molecule has 0 saturated heterocycles. The number of aliphatic imine (C=N–C) groups is 1. The lowest BCUT2D eigenvalue weighted by atomic mass is 10.3. The van der Waals surface area contributed by atoms with Crippen LogP contribution in [0.1, 0.15) is 19.8 Å². The van der Waals surface area contributed by atoms with E-state index in [1.165, 1.54) is 23.6 Å². The molecule has 0 atom stereocenters. The highest BCUT2D eigenvalue weighted by Crippen LogP contribution is 2.17. The van der Waals surface area contributed by atoms with Gasteiger partial charge in [-0.1, -0.05) is 30.9 Å². The molecule has 0 fully saturated rings. The van der Waals surface area contributed by atoms with Crippen LogP contribution in [0.2, 0.25) is 0 Å². The Hall–Kier alpha value is 0.460. The first-order valence-corrected chi connectivity index (χ1v) is 6.68. The van der Waals surface area contributed by atoms with Gasteiger partial charge in [-0.25, -0.2) is 4.99 Å². The van der Waals surface area contributed by atoms with Crippen LogP contribution in [0.25, 0.3) is 0 Å². The molecule has 1 rings (SSSR count). The van der Waals surface area contributed by atoms with Crippen molar-refractivity contribution < 1.29 is 0 Å². The third-order valence-corrected chi connectivity index (χ3v) is 3.95. The second kappa shape index (κ2) is 6.00. The van der Waals surface area contributed by atoms with Crippen LogP contribution >= 0.6 is 35.7 Å². The standard InChI is InChI=1S/C8H13NS3/c1-2-4-11-5-3-7-6-12-8(10)9-7/h2-6H2,1H3. The fourth-order valence-electron chi connectivity index (χ4n) is 0.903. The second-order valence-corrected chi connectivity index (χ2v) is 5.43. The third kappa shape index (κ3) is 3.92. The van der Waals surface area contributed by atoms with Crippen molar-refractivity contribution in [2.24, 2.45) is 4.99 Å². The highest BCUT2D eigenvalue weighted by atomic mass is 32.2. The van der Waals surface area contributed by atoms with E-state index in [1.54, 1.807) is 11.8 Å². The van der Waals surface area contributed by atoms with Crippen LogP contribution in [0.15, 0.2) is 4.99 Å². The summed E-state index contributed by atoms with van der Waals surface area (Å²) in [7, 11) is 0. The molecular formula is C8H13NS3. The molecule has 0 N–H and O–H groups in total. The Bertz CT molecular complexity index is 189. The molecule has 0 amide bonds. The fraction of sp³-hybridized carbons (Fsp3) is 0.750. The van der Waals surface area contributed by atoms with Gasteiger partial charge < -0.3 is 0 Å². The van der Waals surface area contributed by atoms with Crippen LogP contribution in [0, 0.1) is 0 Å². The van der Waals surface area contributed by atoms with E-state index in [9.17, 15) is 0 Å². The molecule has 0 aliphatic carbocycles. The highest BCUT2D eigenvalue weighted by molar-refractivity contribution is 8.23. The van der Waals surface area contributed by atoms with E-state index in [0.29, 0.717) is 0 Å². The summed E-state index contributed by atoms with van der Waals surface area (Å²) < 4.78 is 0.825. The molecule has 1 aliphatic rings. The molecule has 0 radical (unpaired) electrons. The maximum atomic E-state index is 4.97. The number of hydrogen-bond donors (Lipinski definition) is 0. The summed E-state index contributed by atoms with van der Waals surface area (Å²) in [6, 6.07) is 0. The monoisotopic (exact) mass is 219 g/mol. The van der Waals surface area contributed by atoms with E-state index >= 15 is 0 Å². The average Bonchev–Trinajstić information content (AvgIpc) is 2.45. The van der Waals surface area contributed by atoms with Crippen molar-refractivity contribution in [2.75, 3.05) is 17.3 Å². The van der Waals surface area contributed by atoms with Crippen LogP contribution < -0.4 is 0 Å². The number of rotatable bonds is 5. The highest BCUT2D eigenvalue weighted by Gasteiger charge is 2.10. The van der Waals surface area contributed by atoms with Gasteiger partial charge in [0.1, 0.15) is 0 Å². The molecule has 0 spiro atoms. The van der Waals surface area contributed by atoms with E-state index in [4.69, 9.17) is 12.2 Å². The van der Waals surface area contributed by atoms with Crippen molar-refractivity contribution in [3.63, 3.8) is 0 Å². The predicted octanol–water partition coefficient (Wildman–Crippen LogP) is 2.99. The lowest BCUT2D eigenvalue weighted by molar-refractivity contribution is 1.10. The molecule has 0 aromatic carbocycles. The van der Waals surface area contributed by atoms with Crippen LogP contribution in [-0.4, -0.2) is 27.3 Å². The summed E-state index contributed by atoms with van der Waals surface area (Å²) in [6.07, 6.45) is 2.39. The first-order chi connectivity index (χ1) is 5.83. The van der Waals surface area contributed by atoms with E-state index < -0.39 is 0 Å². The van der Waals surface area contributed by atoms with Crippen molar-refractivity contribution >= 4 is 45.8 Å². The Balaban J connectivity index is 2.07. The normalized spacial score (nSPS) is 16.8. The molecule has 0 unspecified atom stereocenters. The van der Waals surface area contributed by atoms with Crippen LogP contribution in [0.3, 0.4) is 0 Å². The summed E-state index contributed by atoms with van der Waals surface area (Å²) >= 11 is 8.66. The minimum absolute atomic E-state index is 0.825. The van der Waals surface area contributed by atoms with Crippen molar-refractivity contribution in [3.05, 3.63) is 0 Å². The average molecular weight is 219 g/mol. The van der Waals surface area contributed by atoms with Gasteiger partial charge in [0, 0.05) is 11.5 Å². The zero-order valence-corrected chi connectivity index (χ0v) is 9.66. The Morgan fingerprint density at radius 2 is 2.42 bits per heavy atom. The number of thiocarbonyl (C=S) groups is 1. The molecule has 0 bridgehead atoms. The van der Waals surface area contributed by atoms with Crippen molar-refractivity contribution in [3.8, 4) is 0 Å². The number of hydrogen-bond acceptors (Lipinski definition) is 3. The molecule has 1 aliphatic heterocycles. The van der Waals surface area contributed by atoms with Gasteiger partial charge in [0.25, 0.3) is 0 Å². The van der Waals surface area contributed by atoms with Gasteiger partial charge in [0.15, 0.2) is 4.32 Å². The molecule has 0 aromatic heterocycles. The lowest BCUT2D eigenvalue weighted by Crippen LogP contribution is -1.99. The van der Waals surface area contributed by atoms with Gasteiger partial charge in [-0.2, -0.15) is 11.8 Å². The molecule has 1 nitrogen and oxygen atoms in total. The third-order valence-electron chi connectivity index (χ3n) is 1.50. The number of thioether (sulfide) groups is 2. The van der Waals surface area contributed by atoms with Crippen LogP contribution in [0.5, 0.6) is 0 Å². The van der Waals surface area contributed by atoms with Crippen molar-refractivity contribution in [1.82, 2.24) is 0 Å². The molecule has 68 valence electrons. The summed E-state index contributed by atoms with van der Waals surface area (Å²) in [4.78, 5) is 4.28. The summed E-state index contributed by atoms with van der Waals surface area (Å²) in [6.45, 7) is 2.21. The predicted molar refractivity (Wildman–Crippen MR) is 64.7 cm³/mol. The maximum absolute atomic E-state index is 4.97. The smallest absolute Gasteiger partial charge is 0.160 e. The molecular weight excluding hydrogens is 206 g/mol. The summed E-state index contributed by atoms with van der Waals surface area (Å²) in [5.74, 6) is 3.51. The Kier molecular flexibility index (Phi) is 5.27. The molecule has 1 heterocycles. The fourth-order valence-corrected chi connectivity index (χ4v) is 2.77. The van der Waals surface area contributed by atoms with Gasteiger partial charge >= 0.3 is 0 Å². The summed E-state index contributed by atoms with van der Waals surface area (Å²) in [5, 5.41) is 0. The van der Waals surface area contributed by atoms with Crippen molar-refractivity contribution in [1.29, 1.82) is 0 Å². The minimum atomic E-state index is 0.825. The van der Waals surface area contributed by atoms with Gasteiger partial charge in [-0.3, -0.25) is 0 Å². The van der Waals surface area contributed by atoms with Crippen LogP contribution in [-0.2, 0) is 0 Å². The molecule has 4 heteroatoms. The molecule has 0 aromatic rings. The zero-order chi connectivity index (χ0) is 8.81. The van der Waals surface area contributed by atoms with Gasteiger partial charge in [0.2, 0.25) is 0 Å². The quantitative estimate of drug-likeness (QED) is 0.521. The Morgan fingerprint density at radius 3 is 3.00 bits per heavy atom. The van der Waals surface area contributed by atoms with Gasteiger partial charge in [-0.15, -0.1) is 0 Å². The lowest BCUT2D eigenvalue weighted by Gasteiger charge is -1.97. The van der Waals surface area contributed by atoms with Gasteiger partial charge in [-0.05, 0) is 24.3 Å². The Labute approximate surface area is 87.8 Å². The zero-order valence-electron chi connectivity index (χ0n) is 7.21. The van der Waals surface area contributed by atoms with Crippen LogP contribution in [0.4, 0.5) is 0 Å². The minimum Gasteiger partial charge on any atom is -0.238 e. The molecule has 12 heavy (non-hydrogen) atoms. The second-order valence-electron chi connectivity index (χ2n) is 2.59. The molecule has 0 saturated carbocycles. The van der Waals surface area contributed by atoms with E-state index in [2.05, 4.69) is 11.9 Å². The van der Waals surface area contributed by atoms with E-state index in [0.717, 1.165) is 16.5 Å². The summed E-state index contributed by atoms with van der Waals surface area (Å²) in [5.41, 5.74) is 1.29. The largest absolute Gasteiger partial charge is 0.238 e. The first-order valence-electron chi connectivity index (χ1n) is 4.14. The topological polar surface area (TPSA) is 12.4 Å².